The average molecular weight is 825 g/mol. The number of fused-ring (bicyclic) bond motifs is 9. The highest BCUT2D eigenvalue weighted by atomic mass is 32.2. The Hall–Kier alpha value is -7.53. The minimum Gasteiger partial charge on any atom is -0.454 e. The first-order valence-corrected chi connectivity index (χ1v) is 22.5. The Bertz CT molecular complexity index is 3660. The quantitative estimate of drug-likeness (QED) is 0.166. The molecule has 0 radical (unpaired) electrons. The fraction of sp³-hybridized carbons (Fsp3) is 0.0508. The number of para-hydroxylation sites is 3. The topological polar surface area (TPSA) is 19.6 Å². The van der Waals surface area contributed by atoms with Gasteiger partial charge in [-0.2, -0.15) is 0 Å². The molecule has 3 nitrogen and oxygen atoms in total. The molecule has 11 aromatic rings. The molecule has 13 rings (SSSR count). The highest BCUT2D eigenvalue weighted by Gasteiger charge is 2.36. The molecular weight excluding hydrogens is 785 g/mol. The Morgan fingerprint density at radius 2 is 1.05 bits per heavy atom. The second-order valence-corrected chi connectivity index (χ2v) is 18.4. The van der Waals surface area contributed by atoms with E-state index < -0.39 is 0 Å². The number of rotatable bonds is 6. The molecule has 2 heterocycles. The van der Waals surface area contributed by atoms with Crippen molar-refractivity contribution in [3.63, 3.8) is 0 Å². The Morgan fingerprint density at radius 1 is 0.397 bits per heavy atom. The molecule has 63 heavy (non-hydrogen) atoms. The fourth-order valence-corrected chi connectivity index (χ4v) is 11.6. The van der Waals surface area contributed by atoms with E-state index in [1.807, 2.05) is 17.8 Å². The number of benzene rings is 10. The smallest absolute Gasteiger partial charge is 0.159 e. The summed E-state index contributed by atoms with van der Waals surface area (Å²) >= 11 is 1.86. The molecule has 0 saturated heterocycles. The molecular formula is C59H40N2OS. The van der Waals surface area contributed by atoms with Crippen molar-refractivity contribution in [2.45, 2.75) is 29.1 Å². The van der Waals surface area contributed by atoms with Gasteiger partial charge in [0.25, 0.3) is 0 Å². The molecule has 298 valence electrons. The summed E-state index contributed by atoms with van der Waals surface area (Å²) in [5, 5.41) is 7.15. The summed E-state index contributed by atoms with van der Waals surface area (Å²) in [6.45, 7) is 4.72. The first-order chi connectivity index (χ1) is 31.0. The van der Waals surface area contributed by atoms with Crippen molar-refractivity contribution in [3.8, 4) is 22.3 Å². The van der Waals surface area contributed by atoms with Gasteiger partial charge in [-0.15, -0.1) is 0 Å². The van der Waals surface area contributed by atoms with Gasteiger partial charge in [-0.1, -0.05) is 159 Å². The Kier molecular flexibility index (Phi) is 7.88. The largest absolute Gasteiger partial charge is 0.454 e. The van der Waals surface area contributed by atoms with Gasteiger partial charge < -0.3 is 14.2 Å². The summed E-state index contributed by atoms with van der Waals surface area (Å²) in [4.78, 5) is 7.30. The van der Waals surface area contributed by atoms with Crippen LogP contribution in [0.5, 0.6) is 0 Å². The van der Waals surface area contributed by atoms with Gasteiger partial charge in [0.1, 0.15) is 5.58 Å². The van der Waals surface area contributed by atoms with Gasteiger partial charge in [-0.05, 0) is 117 Å². The molecule has 0 atom stereocenters. The van der Waals surface area contributed by atoms with Crippen LogP contribution in [0.2, 0.25) is 0 Å². The van der Waals surface area contributed by atoms with E-state index in [1.165, 1.54) is 64.7 Å². The summed E-state index contributed by atoms with van der Waals surface area (Å²) in [7, 11) is 0. The first kappa shape index (κ1) is 36.2. The van der Waals surface area contributed by atoms with E-state index in [0.29, 0.717) is 0 Å². The van der Waals surface area contributed by atoms with Crippen LogP contribution in [0.3, 0.4) is 0 Å². The molecule has 0 amide bonds. The molecule has 1 aliphatic carbocycles. The zero-order chi connectivity index (χ0) is 41.8. The van der Waals surface area contributed by atoms with Gasteiger partial charge >= 0.3 is 0 Å². The average Bonchev–Trinajstić information content (AvgIpc) is 3.82. The van der Waals surface area contributed by atoms with E-state index in [9.17, 15) is 0 Å². The standard InChI is InChI=1S/C59H40N2OS/c1-59(2)50-22-10-8-18-43(50)44-30-28-41(35-51(44)59)60(39-16-4-3-5-17-39)52-33-32-47-46-31-29-42(36-56(46)63-55-25-13-21-49(52)57(47)55)61(40-27-26-37-14-6-7-15-38(37)34-40)53-23-12-20-48-45-19-9-11-24-54(45)62-58(48)53/h3-36H,1-2H3. The highest BCUT2D eigenvalue weighted by molar-refractivity contribution is 7.99. The summed E-state index contributed by atoms with van der Waals surface area (Å²) in [5.74, 6) is 0. The maximum absolute atomic E-state index is 6.68. The van der Waals surface area contributed by atoms with Crippen LogP contribution in [0.15, 0.2) is 220 Å². The van der Waals surface area contributed by atoms with Crippen molar-refractivity contribution in [2.24, 2.45) is 0 Å². The first-order valence-electron chi connectivity index (χ1n) is 21.7. The van der Waals surface area contributed by atoms with Gasteiger partial charge in [-0.3, -0.25) is 0 Å². The van der Waals surface area contributed by atoms with Gasteiger partial charge in [-0.25, -0.2) is 0 Å². The third-order valence-electron chi connectivity index (χ3n) is 13.4. The van der Waals surface area contributed by atoms with Crippen LogP contribution in [0.4, 0.5) is 34.1 Å². The van der Waals surface area contributed by atoms with Gasteiger partial charge in [0.15, 0.2) is 5.58 Å². The molecule has 0 fully saturated rings. The summed E-state index contributed by atoms with van der Waals surface area (Å²) in [5.41, 5.74) is 16.2. The number of nitrogens with zero attached hydrogens (tertiary/aromatic N) is 2. The zero-order valence-electron chi connectivity index (χ0n) is 34.8. The maximum Gasteiger partial charge on any atom is 0.159 e. The molecule has 0 spiro atoms. The summed E-state index contributed by atoms with van der Waals surface area (Å²) in [6, 6.07) is 75.4. The fourth-order valence-electron chi connectivity index (χ4n) is 10.4. The Morgan fingerprint density at radius 3 is 1.95 bits per heavy atom. The highest BCUT2D eigenvalue weighted by Crippen LogP contribution is 2.55. The molecule has 0 unspecified atom stereocenters. The zero-order valence-corrected chi connectivity index (χ0v) is 35.7. The molecule has 10 aromatic carbocycles. The van der Waals surface area contributed by atoms with Crippen LogP contribution in [-0.4, -0.2) is 0 Å². The molecule has 0 bridgehead atoms. The van der Waals surface area contributed by atoms with Crippen molar-refractivity contribution in [3.05, 3.63) is 217 Å². The van der Waals surface area contributed by atoms with Crippen molar-refractivity contribution in [1.29, 1.82) is 0 Å². The van der Waals surface area contributed by atoms with Crippen LogP contribution >= 0.6 is 11.8 Å². The molecule has 0 N–H and O–H groups in total. The van der Waals surface area contributed by atoms with Crippen LogP contribution in [-0.2, 0) is 5.41 Å². The third-order valence-corrected chi connectivity index (χ3v) is 14.5. The lowest BCUT2D eigenvalue weighted by Gasteiger charge is -2.31. The van der Waals surface area contributed by atoms with E-state index in [2.05, 4.69) is 224 Å². The minimum absolute atomic E-state index is 0.105. The predicted molar refractivity (Wildman–Crippen MR) is 265 cm³/mol. The summed E-state index contributed by atoms with van der Waals surface area (Å²) < 4.78 is 6.68. The van der Waals surface area contributed by atoms with Crippen molar-refractivity contribution < 1.29 is 4.42 Å². The predicted octanol–water partition coefficient (Wildman–Crippen LogP) is 17.3. The Balaban J connectivity index is 0.965. The molecule has 0 saturated carbocycles. The molecule has 4 heteroatoms. The second kappa shape index (κ2) is 13.7. The van der Waals surface area contributed by atoms with E-state index in [0.717, 1.165) is 56.1 Å². The Labute approximate surface area is 370 Å². The maximum atomic E-state index is 6.68. The third kappa shape index (κ3) is 5.48. The van der Waals surface area contributed by atoms with Crippen molar-refractivity contribution >= 4 is 89.4 Å². The normalized spacial score (nSPS) is 13.3. The number of anilines is 6. The lowest BCUT2D eigenvalue weighted by atomic mass is 9.82. The van der Waals surface area contributed by atoms with E-state index in [1.54, 1.807) is 0 Å². The molecule has 1 aromatic heterocycles. The van der Waals surface area contributed by atoms with Crippen molar-refractivity contribution in [2.75, 3.05) is 9.80 Å². The minimum atomic E-state index is -0.105. The van der Waals surface area contributed by atoms with Crippen LogP contribution in [0.25, 0.3) is 65.7 Å². The SMILES string of the molecule is CC1(C)c2ccccc2-c2ccc(N(c3ccccc3)c3ccc4c5c(cccc35)Sc3cc(N(c5ccc6ccccc6c5)c5cccc6c5oc5ccccc56)ccc3-4)cc21. The van der Waals surface area contributed by atoms with Gasteiger partial charge in [0.05, 0.1) is 11.4 Å². The van der Waals surface area contributed by atoms with Crippen LogP contribution in [0.1, 0.15) is 25.0 Å². The lowest BCUT2D eigenvalue weighted by molar-refractivity contribution is 0.660. The monoisotopic (exact) mass is 824 g/mol. The van der Waals surface area contributed by atoms with E-state index in [4.69, 9.17) is 4.42 Å². The molecule has 2 aliphatic rings. The van der Waals surface area contributed by atoms with E-state index in [-0.39, 0.29) is 5.41 Å². The number of hydrogen-bond acceptors (Lipinski definition) is 4. The van der Waals surface area contributed by atoms with E-state index >= 15 is 0 Å². The van der Waals surface area contributed by atoms with Gasteiger partial charge in [0.2, 0.25) is 0 Å². The second-order valence-electron chi connectivity index (χ2n) is 17.3. The molecule has 1 aliphatic heterocycles. The van der Waals surface area contributed by atoms with Crippen LogP contribution < -0.4 is 9.80 Å². The van der Waals surface area contributed by atoms with Crippen molar-refractivity contribution in [1.82, 2.24) is 0 Å². The number of furan rings is 1. The van der Waals surface area contributed by atoms with Crippen LogP contribution in [0, 0.1) is 0 Å². The van der Waals surface area contributed by atoms with Gasteiger partial charge in [0, 0.05) is 59.5 Å². The lowest BCUT2D eigenvalue weighted by Crippen LogP contribution is -2.16. The summed E-state index contributed by atoms with van der Waals surface area (Å²) in [6.07, 6.45) is 0. The number of hydrogen-bond donors (Lipinski definition) is 0.